The van der Waals surface area contributed by atoms with Crippen LogP contribution in [0.15, 0.2) is 0 Å². The zero-order chi connectivity index (χ0) is 4.99. The number of ether oxygens (including phenoxy) is 1. The third-order valence-electron chi connectivity index (χ3n) is 0.408. The SMILES string of the molecule is CC(C)OCO. The molecule has 0 unspecified atom stereocenters. The van der Waals surface area contributed by atoms with Crippen molar-refractivity contribution in [2.24, 2.45) is 0 Å². The Balaban J connectivity index is 2.63. The van der Waals surface area contributed by atoms with Crippen molar-refractivity contribution in [3.05, 3.63) is 0 Å². The van der Waals surface area contributed by atoms with Crippen molar-refractivity contribution in [3.63, 3.8) is 0 Å². The standard InChI is InChI=1S/C4H10O2/c1-4(2)6-3-5/h4-5H,3H2,1-2H3. The van der Waals surface area contributed by atoms with Crippen LogP contribution >= 0.6 is 0 Å². The zero-order valence-electron chi connectivity index (χ0n) is 4.14. The zero-order valence-corrected chi connectivity index (χ0v) is 4.14. The molecule has 1 N–H and O–H groups in total. The van der Waals surface area contributed by atoms with Gasteiger partial charge in [-0.15, -0.1) is 0 Å². The van der Waals surface area contributed by atoms with Gasteiger partial charge in [-0.05, 0) is 13.8 Å². The number of aliphatic hydroxyl groups excluding tert-OH is 1. The molecule has 0 aliphatic carbocycles. The summed E-state index contributed by atoms with van der Waals surface area (Å²) in [5.74, 6) is 0. The Morgan fingerprint density at radius 3 is 2.17 bits per heavy atom. The number of hydrogen-bond donors (Lipinski definition) is 1. The summed E-state index contributed by atoms with van der Waals surface area (Å²) < 4.78 is 4.60. The van der Waals surface area contributed by atoms with E-state index in [1.165, 1.54) is 0 Å². The minimum Gasteiger partial charge on any atom is -0.371 e. The lowest BCUT2D eigenvalue weighted by atomic mass is 10.5. The van der Waals surface area contributed by atoms with Gasteiger partial charge in [0, 0.05) is 0 Å². The van der Waals surface area contributed by atoms with Gasteiger partial charge in [0.1, 0.15) is 6.79 Å². The molecule has 0 atom stereocenters. The summed E-state index contributed by atoms with van der Waals surface area (Å²) in [5, 5.41) is 8.01. The molecule has 2 nitrogen and oxygen atoms in total. The second kappa shape index (κ2) is 3.12. The van der Waals surface area contributed by atoms with Crippen LogP contribution in [0, 0.1) is 0 Å². The highest BCUT2D eigenvalue weighted by molar-refractivity contribution is 4.28. The third-order valence-corrected chi connectivity index (χ3v) is 0.408. The molecule has 0 aliphatic heterocycles. The van der Waals surface area contributed by atoms with Crippen LogP contribution in [0.3, 0.4) is 0 Å². The predicted molar refractivity (Wildman–Crippen MR) is 23.3 cm³/mol. The molecular weight excluding hydrogens is 80.0 g/mol. The molecule has 0 spiro atoms. The Morgan fingerprint density at radius 2 is 2.17 bits per heavy atom. The molecule has 6 heavy (non-hydrogen) atoms. The monoisotopic (exact) mass is 90.1 g/mol. The summed E-state index contributed by atoms with van der Waals surface area (Å²) in [5.41, 5.74) is 0. The van der Waals surface area contributed by atoms with Crippen molar-refractivity contribution >= 4 is 0 Å². The topological polar surface area (TPSA) is 29.5 Å². The van der Waals surface area contributed by atoms with E-state index in [4.69, 9.17) is 5.11 Å². The maximum absolute atomic E-state index is 8.01. The van der Waals surface area contributed by atoms with Crippen LogP contribution in [0.25, 0.3) is 0 Å². The van der Waals surface area contributed by atoms with Gasteiger partial charge < -0.3 is 9.84 Å². The maximum Gasteiger partial charge on any atom is 0.143 e. The molecule has 0 heterocycles. The summed E-state index contributed by atoms with van der Waals surface area (Å²) in [6.45, 7) is 3.57. The molecule has 2 heteroatoms. The van der Waals surface area contributed by atoms with Crippen molar-refractivity contribution in [2.45, 2.75) is 20.0 Å². The minimum atomic E-state index is -0.169. The van der Waals surface area contributed by atoms with Gasteiger partial charge in [-0.25, -0.2) is 0 Å². The van der Waals surface area contributed by atoms with Gasteiger partial charge in [0.25, 0.3) is 0 Å². The predicted octanol–water partition coefficient (Wildman–Crippen LogP) is 0.361. The van der Waals surface area contributed by atoms with E-state index >= 15 is 0 Å². The van der Waals surface area contributed by atoms with Crippen LogP contribution < -0.4 is 0 Å². The van der Waals surface area contributed by atoms with Crippen LogP contribution in [0.2, 0.25) is 0 Å². The lowest BCUT2D eigenvalue weighted by molar-refractivity contribution is -0.0346. The van der Waals surface area contributed by atoms with Gasteiger partial charge in [-0.2, -0.15) is 0 Å². The summed E-state index contributed by atoms with van der Waals surface area (Å²) in [6.07, 6.45) is 0.148. The molecular formula is C4H10O2. The van der Waals surface area contributed by atoms with E-state index < -0.39 is 0 Å². The second-order valence-electron chi connectivity index (χ2n) is 1.34. The van der Waals surface area contributed by atoms with Crippen molar-refractivity contribution in [2.75, 3.05) is 6.79 Å². The molecule has 0 aromatic heterocycles. The van der Waals surface area contributed by atoms with E-state index in [1.807, 2.05) is 13.8 Å². The molecule has 0 aromatic carbocycles. The van der Waals surface area contributed by atoms with Gasteiger partial charge in [0.05, 0.1) is 6.10 Å². The Hall–Kier alpha value is -0.0800. The molecule has 38 valence electrons. The van der Waals surface area contributed by atoms with Gasteiger partial charge in [-0.3, -0.25) is 0 Å². The van der Waals surface area contributed by atoms with Crippen LogP contribution in [0.1, 0.15) is 13.8 Å². The number of rotatable bonds is 2. The Morgan fingerprint density at radius 1 is 1.67 bits per heavy atom. The first-order chi connectivity index (χ1) is 2.77. The molecule has 0 amide bonds. The normalized spacial score (nSPS) is 10.0. The molecule has 0 rings (SSSR count). The number of hydrogen-bond acceptors (Lipinski definition) is 2. The highest BCUT2D eigenvalue weighted by Gasteiger charge is 1.84. The maximum atomic E-state index is 8.01. The first kappa shape index (κ1) is 5.92. The Bertz CT molecular complexity index is 26.7. The fourth-order valence-corrected chi connectivity index (χ4v) is 0.149. The summed E-state index contributed by atoms with van der Waals surface area (Å²) in [4.78, 5) is 0. The van der Waals surface area contributed by atoms with Crippen molar-refractivity contribution in [3.8, 4) is 0 Å². The highest BCUT2D eigenvalue weighted by atomic mass is 16.6. The van der Waals surface area contributed by atoms with E-state index in [9.17, 15) is 0 Å². The molecule has 0 saturated carbocycles. The van der Waals surface area contributed by atoms with Gasteiger partial charge >= 0.3 is 0 Å². The van der Waals surface area contributed by atoms with E-state index in [2.05, 4.69) is 4.74 Å². The fraction of sp³-hybridized carbons (Fsp3) is 1.00. The lowest BCUT2D eigenvalue weighted by Gasteiger charge is -1.99. The van der Waals surface area contributed by atoms with Gasteiger partial charge in [-0.1, -0.05) is 0 Å². The van der Waals surface area contributed by atoms with E-state index in [-0.39, 0.29) is 12.9 Å². The molecule has 0 aliphatic rings. The van der Waals surface area contributed by atoms with Crippen molar-refractivity contribution < 1.29 is 9.84 Å². The Kier molecular flexibility index (Phi) is 3.08. The fourth-order valence-electron chi connectivity index (χ4n) is 0.149. The van der Waals surface area contributed by atoms with Gasteiger partial charge in [0.2, 0.25) is 0 Å². The first-order valence-electron chi connectivity index (χ1n) is 2.00. The third kappa shape index (κ3) is 3.92. The van der Waals surface area contributed by atoms with Crippen LogP contribution in [-0.4, -0.2) is 18.0 Å². The van der Waals surface area contributed by atoms with Crippen LogP contribution in [-0.2, 0) is 4.74 Å². The van der Waals surface area contributed by atoms with Gasteiger partial charge in [0.15, 0.2) is 0 Å². The second-order valence-corrected chi connectivity index (χ2v) is 1.34. The Labute approximate surface area is 37.7 Å². The summed E-state index contributed by atoms with van der Waals surface area (Å²) in [7, 11) is 0. The molecule has 0 radical (unpaired) electrons. The summed E-state index contributed by atoms with van der Waals surface area (Å²) in [6, 6.07) is 0. The molecule has 0 fully saturated rings. The number of aliphatic hydroxyl groups is 1. The molecule has 0 aromatic rings. The average molecular weight is 90.1 g/mol. The smallest absolute Gasteiger partial charge is 0.143 e. The van der Waals surface area contributed by atoms with Crippen molar-refractivity contribution in [1.82, 2.24) is 0 Å². The average Bonchev–Trinajstić information content (AvgIpc) is 1.35. The van der Waals surface area contributed by atoms with Crippen molar-refractivity contribution in [1.29, 1.82) is 0 Å². The first-order valence-corrected chi connectivity index (χ1v) is 2.00. The largest absolute Gasteiger partial charge is 0.371 e. The summed E-state index contributed by atoms with van der Waals surface area (Å²) >= 11 is 0. The van der Waals surface area contributed by atoms with E-state index in [1.54, 1.807) is 0 Å². The lowest BCUT2D eigenvalue weighted by Crippen LogP contribution is -2.01. The minimum absolute atomic E-state index is 0.148. The van der Waals surface area contributed by atoms with E-state index in [0.717, 1.165) is 0 Å². The van der Waals surface area contributed by atoms with Crippen LogP contribution in [0.5, 0.6) is 0 Å². The van der Waals surface area contributed by atoms with E-state index in [0.29, 0.717) is 0 Å². The molecule has 0 saturated heterocycles. The molecule has 0 bridgehead atoms. The quantitative estimate of drug-likeness (QED) is 0.496. The highest BCUT2D eigenvalue weighted by Crippen LogP contribution is 1.81. The van der Waals surface area contributed by atoms with Crippen LogP contribution in [0.4, 0.5) is 0 Å².